The van der Waals surface area contributed by atoms with Crippen LogP contribution in [0.3, 0.4) is 0 Å². The number of aromatic nitrogens is 1. The van der Waals surface area contributed by atoms with Crippen LogP contribution in [0.1, 0.15) is 16.6 Å². The van der Waals surface area contributed by atoms with Crippen LogP contribution < -0.4 is 5.32 Å². The minimum Gasteiger partial charge on any atom is -0.347 e. The molecular formula is C18H16FN3S2. The third-order valence-electron chi connectivity index (χ3n) is 4.19. The van der Waals surface area contributed by atoms with E-state index in [9.17, 15) is 4.39 Å². The van der Waals surface area contributed by atoms with Crippen molar-refractivity contribution in [1.29, 1.82) is 0 Å². The Labute approximate surface area is 149 Å². The van der Waals surface area contributed by atoms with Crippen LogP contribution in [0.4, 0.5) is 10.1 Å². The van der Waals surface area contributed by atoms with Gasteiger partial charge in [0.1, 0.15) is 11.9 Å². The number of anilines is 1. The summed E-state index contributed by atoms with van der Waals surface area (Å²) in [7, 11) is 0. The molecule has 122 valence electrons. The molecule has 0 amide bonds. The summed E-state index contributed by atoms with van der Waals surface area (Å²) in [6, 6.07) is 14.9. The number of hydrogen-bond donors (Lipinski definition) is 1. The number of fused-ring (bicyclic) bond motifs is 1. The first-order valence-electron chi connectivity index (χ1n) is 7.74. The van der Waals surface area contributed by atoms with Crippen LogP contribution in [0.15, 0.2) is 60.1 Å². The second-order valence-electron chi connectivity index (χ2n) is 5.68. The van der Waals surface area contributed by atoms with Gasteiger partial charge in [0.25, 0.3) is 0 Å². The van der Waals surface area contributed by atoms with Gasteiger partial charge in [-0.15, -0.1) is 11.3 Å². The fraction of sp³-hybridized carbons (Fsp3) is 0.167. The minimum absolute atomic E-state index is 0.0855. The highest BCUT2D eigenvalue weighted by Gasteiger charge is 2.31. The summed E-state index contributed by atoms with van der Waals surface area (Å²) in [6.45, 7) is 1.70. The molecule has 4 rings (SSSR count). The number of thiocarbonyl (C=S) groups is 1. The average molecular weight is 357 g/mol. The van der Waals surface area contributed by atoms with Gasteiger partial charge in [-0.3, -0.25) is 0 Å². The summed E-state index contributed by atoms with van der Waals surface area (Å²) in [6.07, 6.45) is 2.11. The van der Waals surface area contributed by atoms with Gasteiger partial charge in [0.2, 0.25) is 0 Å². The number of hydrogen-bond acceptors (Lipinski definition) is 2. The van der Waals surface area contributed by atoms with E-state index in [0.29, 0.717) is 10.8 Å². The predicted molar refractivity (Wildman–Crippen MR) is 99.9 cm³/mol. The summed E-state index contributed by atoms with van der Waals surface area (Å²) in [5.41, 5.74) is 1.90. The lowest BCUT2D eigenvalue weighted by atomic mass is 10.1. The molecule has 6 heteroatoms. The first kappa shape index (κ1) is 15.4. The van der Waals surface area contributed by atoms with E-state index in [0.717, 1.165) is 13.1 Å². The fourth-order valence-electron chi connectivity index (χ4n) is 3.11. The molecule has 1 aromatic carbocycles. The van der Waals surface area contributed by atoms with Crippen LogP contribution in [0.5, 0.6) is 0 Å². The Balaban J connectivity index is 1.65. The predicted octanol–water partition coefficient (Wildman–Crippen LogP) is 4.49. The van der Waals surface area contributed by atoms with Gasteiger partial charge in [0, 0.05) is 35.5 Å². The van der Waals surface area contributed by atoms with Crippen molar-refractivity contribution >= 4 is 34.4 Å². The van der Waals surface area contributed by atoms with E-state index in [1.165, 1.54) is 22.7 Å². The lowest BCUT2D eigenvalue weighted by Crippen LogP contribution is -2.44. The second kappa shape index (κ2) is 6.37. The summed E-state index contributed by atoms with van der Waals surface area (Å²) < 4.78 is 15.7. The lowest BCUT2D eigenvalue weighted by molar-refractivity contribution is 0.297. The van der Waals surface area contributed by atoms with Gasteiger partial charge >= 0.3 is 0 Å². The molecule has 0 bridgehead atoms. The van der Waals surface area contributed by atoms with E-state index in [1.54, 1.807) is 17.4 Å². The SMILES string of the molecule is Fc1cccc(NC(=S)N2CCn3cccc3[C@@H]2c2cccs2)c1. The number of thiophene rings is 1. The van der Waals surface area contributed by atoms with E-state index in [4.69, 9.17) is 12.2 Å². The van der Waals surface area contributed by atoms with Crippen molar-refractivity contribution in [2.75, 3.05) is 11.9 Å². The van der Waals surface area contributed by atoms with Crippen LogP contribution in [0.25, 0.3) is 0 Å². The molecule has 3 nitrogen and oxygen atoms in total. The molecular weight excluding hydrogens is 341 g/mol. The maximum Gasteiger partial charge on any atom is 0.174 e. The molecule has 1 atom stereocenters. The highest BCUT2D eigenvalue weighted by Crippen LogP contribution is 2.35. The molecule has 24 heavy (non-hydrogen) atoms. The molecule has 0 spiro atoms. The molecule has 0 radical (unpaired) electrons. The standard InChI is InChI=1S/C18H16FN3S2/c19-13-4-1-5-14(12-13)20-18(23)22-10-9-21-8-2-6-15(21)17(22)16-7-3-11-24-16/h1-8,11-12,17H,9-10H2,(H,20,23)/t17-/m1/s1. The molecule has 0 saturated heterocycles. The summed E-state index contributed by atoms with van der Waals surface area (Å²) in [5.74, 6) is -0.273. The van der Waals surface area contributed by atoms with Gasteiger partial charge in [-0.25, -0.2) is 4.39 Å². The first-order chi connectivity index (χ1) is 11.7. The fourth-order valence-corrected chi connectivity index (χ4v) is 4.27. The Morgan fingerprint density at radius 3 is 2.88 bits per heavy atom. The van der Waals surface area contributed by atoms with Crippen molar-refractivity contribution in [2.24, 2.45) is 0 Å². The third kappa shape index (κ3) is 2.83. The third-order valence-corrected chi connectivity index (χ3v) is 5.45. The molecule has 0 unspecified atom stereocenters. The van der Waals surface area contributed by atoms with Crippen molar-refractivity contribution in [3.63, 3.8) is 0 Å². The molecule has 3 heterocycles. The van der Waals surface area contributed by atoms with E-state index in [-0.39, 0.29) is 11.9 Å². The van der Waals surface area contributed by atoms with Crippen molar-refractivity contribution in [3.8, 4) is 0 Å². The van der Waals surface area contributed by atoms with Crippen LogP contribution in [0, 0.1) is 5.82 Å². The highest BCUT2D eigenvalue weighted by atomic mass is 32.1. The number of nitrogens with zero attached hydrogens (tertiary/aromatic N) is 2. The number of halogens is 1. The minimum atomic E-state index is -0.273. The second-order valence-corrected chi connectivity index (χ2v) is 7.04. The Morgan fingerprint density at radius 1 is 1.17 bits per heavy atom. The maximum absolute atomic E-state index is 13.4. The smallest absolute Gasteiger partial charge is 0.174 e. The van der Waals surface area contributed by atoms with Gasteiger partial charge in [0.05, 0.1) is 0 Å². The largest absolute Gasteiger partial charge is 0.347 e. The molecule has 1 N–H and O–H groups in total. The topological polar surface area (TPSA) is 20.2 Å². The molecule has 0 saturated carbocycles. The number of benzene rings is 1. The van der Waals surface area contributed by atoms with Gasteiger partial charge in [0.15, 0.2) is 5.11 Å². The average Bonchev–Trinajstić information content (AvgIpc) is 3.25. The van der Waals surface area contributed by atoms with E-state index < -0.39 is 0 Å². The van der Waals surface area contributed by atoms with Crippen molar-refractivity contribution in [3.05, 3.63) is 76.5 Å². The Kier molecular flexibility index (Phi) is 4.08. The quantitative estimate of drug-likeness (QED) is 0.683. The summed E-state index contributed by atoms with van der Waals surface area (Å²) >= 11 is 7.36. The number of nitrogens with one attached hydrogen (secondary N) is 1. The van der Waals surface area contributed by atoms with Crippen molar-refractivity contribution in [2.45, 2.75) is 12.6 Å². The zero-order valence-corrected chi connectivity index (χ0v) is 14.5. The number of rotatable bonds is 2. The maximum atomic E-state index is 13.4. The van der Waals surface area contributed by atoms with Crippen LogP contribution in [-0.2, 0) is 6.54 Å². The Morgan fingerprint density at radius 2 is 2.08 bits per heavy atom. The lowest BCUT2D eigenvalue weighted by Gasteiger charge is -2.38. The van der Waals surface area contributed by atoms with Gasteiger partial charge in [-0.1, -0.05) is 12.1 Å². The van der Waals surface area contributed by atoms with Gasteiger partial charge in [-0.05, 0) is 54.0 Å². The van der Waals surface area contributed by atoms with Crippen LogP contribution in [-0.4, -0.2) is 21.1 Å². The summed E-state index contributed by atoms with van der Waals surface area (Å²) in [4.78, 5) is 3.43. The zero-order chi connectivity index (χ0) is 16.5. The molecule has 3 aromatic rings. The molecule has 1 aliphatic rings. The van der Waals surface area contributed by atoms with Gasteiger partial charge in [-0.2, -0.15) is 0 Å². The summed E-state index contributed by atoms with van der Waals surface area (Å²) in [5, 5.41) is 5.88. The van der Waals surface area contributed by atoms with Gasteiger partial charge < -0.3 is 14.8 Å². The molecule has 2 aromatic heterocycles. The van der Waals surface area contributed by atoms with Crippen LogP contribution in [0.2, 0.25) is 0 Å². The Hall–Kier alpha value is -2.18. The normalized spacial score (nSPS) is 16.7. The van der Waals surface area contributed by atoms with Crippen molar-refractivity contribution in [1.82, 2.24) is 9.47 Å². The molecule has 0 fully saturated rings. The zero-order valence-electron chi connectivity index (χ0n) is 12.9. The van der Waals surface area contributed by atoms with E-state index in [2.05, 4.69) is 50.6 Å². The monoisotopic (exact) mass is 357 g/mol. The first-order valence-corrected chi connectivity index (χ1v) is 9.03. The highest BCUT2D eigenvalue weighted by molar-refractivity contribution is 7.80. The van der Waals surface area contributed by atoms with E-state index in [1.807, 2.05) is 6.07 Å². The Bertz CT molecular complexity index is 857. The molecule has 0 aliphatic carbocycles. The van der Waals surface area contributed by atoms with Crippen LogP contribution >= 0.6 is 23.6 Å². The van der Waals surface area contributed by atoms with E-state index >= 15 is 0 Å². The van der Waals surface area contributed by atoms with Crippen molar-refractivity contribution < 1.29 is 4.39 Å². The molecule has 1 aliphatic heterocycles.